The first-order valence-electron chi connectivity index (χ1n) is 11.7. The van der Waals surface area contributed by atoms with Crippen molar-refractivity contribution in [2.75, 3.05) is 40.0 Å². The third kappa shape index (κ3) is 4.80. The lowest BCUT2D eigenvalue weighted by atomic mass is 10.0. The molecule has 34 heavy (non-hydrogen) atoms. The van der Waals surface area contributed by atoms with Crippen molar-refractivity contribution in [3.05, 3.63) is 47.9 Å². The fourth-order valence-corrected chi connectivity index (χ4v) is 4.72. The number of piperidine rings is 1. The summed E-state index contributed by atoms with van der Waals surface area (Å²) >= 11 is 0. The number of pyridine rings is 1. The number of methoxy groups -OCH3 is 1. The Morgan fingerprint density at radius 2 is 1.94 bits per heavy atom. The molecule has 1 fully saturated rings. The number of likely N-dealkylation sites (tertiary alicyclic amines) is 1. The number of rotatable bonds is 8. The van der Waals surface area contributed by atoms with E-state index in [1.807, 2.05) is 28.8 Å². The highest BCUT2D eigenvalue weighted by atomic mass is 16.6. The Kier molecular flexibility index (Phi) is 6.55. The van der Waals surface area contributed by atoms with E-state index in [4.69, 9.17) is 14.2 Å². The Hall–Kier alpha value is -3.30. The molecule has 0 aliphatic carbocycles. The number of aromatic carboxylic acids is 1. The van der Waals surface area contributed by atoms with Gasteiger partial charge in [-0.05, 0) is 44.1 Å². The molecule has 180 valence electrons. The number of carbonyl (C=O) groups is 1. The molecule has 1 aromatic carbocycles. The summed E-state index contributed by atoms with van der Waals surface area (Å²) in [6, 6.07) is 9.79. The molecule has 9 heteroatoms. The van der Waals surface area contributed by atoms with Crippen LogP contribution in [0.4, 0.5) is 0 Å². The number of benzene rings is 1. The molecule has 0 amide bonds. The fourth-order valence-electron chi connectivity index (χ4n) is 4.72. The molecule has 0 atom stereocenters. The van der Waals surface area contributed by atoms with Gasteiger partial charge in [0.1, 0.15) is 24.7 Å². The van der Waals surface area contributed by atoms with Crippen molar-refractivity contribution >= 4 is 16.9 Å². The third-order valence-electron chi connectivity index (χ3n) is 6.62. The Labute approximate surface area is 198 Å². The lowest BCUT2D eigenvalue weighted by Crippen LogP contribution is -2.43. The number of aromatic nitrogens is 2. The molecule has 5 rings (SSSR count). The van der Waals surface area contributed by atoms with Crippen LogP contribution in [0.5, 0.6) is 17.2 Å². The number of hydrogen-bond acceptors (Lipinski definition) is 7. The van der Waals surface area contributed by atoms with Gasteiger partial charge in [-0.25, -0.2) is 4.79 Å². The molecule has 2 N–H and O–H groups in total. The minimum absolute atomic E-state index is 0.312. The first-order valence-corrected chi connectivity index (χ1v) is 11.7. The highest BCUT2D eigenvalue weighted by Crippen LogP contribution is 2.29. The summed E-state index contributed by atoms with van der Waals surface area (Å²) in [4.78, 5) is 18.7. The maximum Gasteiger partial charge on any atom is 0.352 e. The average Bonchev–Trinajstić information content (AvgIpc) is 3.24. The Bertz CT molecular complexity index is 1170. The highest BCUT2D eigenvalue weighted by molar-refractivity contribution is 5.95. The third-order valence-corrected chi connectivity index (χ3v) is 6.62. The van der Waals surface area contributed by atoms with Crippen molar-refractivity contribution in [1.82, 2.24) is 19.8 Å². The maximum atomic E-state index is 11.8. The molecule has 0 bridgehead atoms. The van der Waals surface area contributed by atoms with Crippen LogP contribution < -0.4 is 19.5 Å². The second-order valence-corrected chi connectivity index (χ2v) is 8.73. The van der Waals surface area contributed by atoms with Gasteiger partial charge in [0.25, 0.3) is 0 Å². The van der Waals surface area contributed by atoms with Crippen LogP contribution in [0, 0.1) is 0 Å². The van der Waals surface area contributed by atoms with Gasteiger partial charge in [0, 0.05) is 43.2 Å². The predicted octanol–water partition coefficient (Wildman–Crippen LogP) is 2.77. The van der Waals surface area contributed by atoms with Crippen LogP contribution in [0.15, 0.2) is 36.5 Å². The van der Waals surface area contributed by atoms with Gasteiger partial charge in [0.05, 0.1) is 24.5 Å². The van der Waals surface area contributed by atoms with Crippen molar-refractivity contribution in [3.63, 3.8) is 0 Å². The normalized spacial score (nSPS) is 16.6. The Balaban J connectivity index is 1.15. The SMILES string of the molecule is COc1ccc2cc(C(=O)O)n(CCN3CCC(NCc4cc5c(cn4)OCCO5)CC3)c2c1. The molecule has 4 heterocycles. The van der Waals surface area contributed by atoms with Gasteiger partial charge in [-0.15, -0.1) is 0 Å². The number of hydrogen-bond donors (Lipinski definition) is 2. The summed E-state index contributed by atoms with van der Waals surface area (Å²) in [5.41, 5.74) is 2.15. The molecule has 0 saturated carbocycles. The standard InChI is InChI=1S/C25H30N4O5/c1-32-20-3-2-17-12-22(25(30)31)29(21(17)14-20)9-8-28-6-4-18(5-7-28)26-15-19-13-23-24(16-27-19)34-11-10-33-23/h2-3,12-14,16,18,26H,4-11,15H2,1H3,(H,30,31). The number of nitrogens with one attached hydrogen (secondary N) is 1. The van der Waals surface area contributed by atoms with Crippen molar-refractivity contribution in [2.45, 2.75) is 32.0 Å². The number of fused-ring (bicyclic) bond motifs is 2. The van der Waals surface area contributed by atoms with Crippen LogP contribution in [0.25, 0.3) is 10.9 Å². The van der Waals surface area contributed by atoms with Gasteiger partial charge in [0.2, 0.25) is 0 Å². The van der Waals surface area contributed by atoms with Crippen LogP contribution in [0.1, 0.15) is 29.0 Å². The second kappa shape index (κ2) is 9.90. The number of ether oxygens (including phenoxy) is 3. The number of nitrogens with zero attached hydrogens (tertiary/aromatic N) is 3. The molecule has 2 aromatic heterocycles. The molecule has 2 aliphatic heterocycles. The van der Waals surface area contributed by atoms with E-state index in [0.717, 1.165) is 60.6 Å². The number of carboxylic acids is 1. The molecule has 0 spiro atoms. The Morgan fingerprint density at radius 1 is 1.15 bits per heavy atom. The first kappa shape index (κ1) is 22.5. The minimum Gasteiger partial charge on any atom is -0.497 e. The zero-order valence-corrected chi connectivity index (χ0v) is 19.3. The van der Waals surface area contributed by atoms with Gasteiger partial charge in [0.15, 0.2) is 11.5 Å². The van der Waals surface area contributed by atoms with Gasteiger partial charge in [-0.3, -0.25) is 4.98 Å². The highest BCUT2D eigenvalue weighted by Gasteiger charge is 2.21. The van der Waals surface area contributed by atoms with E-state index in [0.29, 0.717) is 43.8 Å². The summed E-state index contributed by atoms with van der Waals surface area (Å²) in [7, 11) is 1.62. The summed E-state index contributed by atoms with van der Waals surface area (Å²) in [5, 5.41) is 14.2. The molecule has 2 aliphatic rings. The molecular weight excluding hydrogens is 436 g/mol. The van der Waals surface area contributed by atoms with Crippen LogP contribution >= 0.6 is 0 Å². The van der Waals surface area contributed by atoms with Gasteiger partial charge < -0.3 is 34.1 Å². The first-order chi connectivity index (χ1) is 16.6. The number of carboxylic acid groups (broad SMARTS) is 1. The lowest BCUT2D eigenvalue weighted by Gasteiger charge is -2.32. The van der Waals surface area contributed by atoms with Crippen molar-refractivity contribution in [2.24, 2.45) is 0 Å². The zero-order valence-electron chi connectivity index (χ0n) is 19.3. The molecule has 0 unspecified atom stereocenters. The van der Waals surface area contributed by atoms with Crippen molar-refractivity contribution < 1.29 is 24.1 Å². The van der Waals surface area contributed by atoms with Crippen molar-refractivity contribution in [1.29, 1.82) is 0 Å². The summed E-state index contributed by atoms with van der Waals surface area (Å²) < 4.78 is 18.4. The zero-order chi connectivity index (χ0) is 23.5. The van der Waals surface area contributed by atoms with E-state index in [9.17, 15) is 9.90 Å². The van der Waals surface area contributed by atoms with Crippen LogP contribution in [-0.2, 0) is 13.1 Å². The molecule has 0 radical (unpaired) electrons. The van der Waals surface area contributed by atoms with Gasteiger partial charge >= 0.3 is 5.97 Å². The maximum absolute atomic E-state index is 11.8. The Morgan fingerprint density at radius 3 is 2.71 bits per heavy atom. The van der Waals surface area contributed by atoms with Crippen LogP contribution in [0.2, 0.25) is 0 Å². The molecular formula is C25H30N4O5. The molecule has 1 saturated heterocycles. The van der Waals surface area contributed by atoms with E-state index < -0.39 is 5.97 Å². The largest absolute Gasteiger partial charge is 0.497 e. The topological polar surface area (TPSA) is 98.1 Å². The van der Waals surface area contributed by atoms with Crippen molar-refractivity contribution in [3.8, 4) is 17.2 Å². The summed E-state index contributed by atoms with van der Waals surface area (Å²) in [6.45, 7) is 5.20. The second-order valence-electron chi connectivity index (χ2n) is 8.73. The van der Waals surface area contributed by atoms with Gasteiger partial charge in [-0.1, -0.05) is 0 Å². The monoisotopic (exact) mass is 466 g/mol. The van der Waals surface area contributed by atoms with Gasteiger partial charge in [-0.2, -0.15) is 0 Å². The van der Waals surface area contributed by atoms with E-state index in [-0.39, 0.29) is 0 Å². The van der Waals surface area contributed by atoms with E-state index in [1.165, 1.54) is 0 Å². The summed E-state index contributed by atoms with van der Waals surface area (Å²) in [5.74, 6) is 1.29. The molecule has 9 nitrogen and oxygen atoms in total. The van der Waals surface area contributed by atoms with Crippen LogP contribution in [-0.4, -0.2) is 71.5 Å². The fraction of sp³-hybridized carbons (Fsp3) is 0.440. The van der Waals surface area contributed by atoms with E-state index in [1.54, 1.807) is 19.4 Å². The average molecular weight is 467 g/mol. The van der Waals surface area contributed by atoms with Crippen LogP contribution in [0.3, 0.4) is 0 Å². The quantitative estimate of drug-likeness (QED) is 0.523. The summed E-state index contributed by atoms with van der Waals surface area (Å²) in [6.07, 6.45) is 3.81. The molecule has 3 aromatic rings. The lowest BCUT2D eigenvalue weighted by molar-refractivity contribution is 0.0684. The van der Waals surface area contributed by atoms with E-state index >= 15 is 0 Å². The minimum atomic E-state index is -0.911. The smallest absolute Gasteiger partial charge is 0.352 e. The van der Waals surface area contributed by atoms with E-state index in [2.05, 4.69) is 15.2 Å². The predicted molar refractivity (Wildman–Crippen MR) is 127 cm³/mol.